The molecule has 0 radical (unpaired) electrons. The Morgan fingerprint density at radius 1 is 1.39 bits per heavy atom. The third-order valence-corrected chi connectivity index (χ3v) is 4.11. The fourth-order valence-electron chi connectivity index (χ4n) is 1.01. The first-order valence-corrected chi connectivity index (χ1v) is 8.11. The molecular formula is C10H19KO5S2. The van der Waals surface area contributed by atoms with Crippen molar-refractivity contribution >= 4 is 27.8 Å². The molecule has 0 N–H and O–H groups in total. The summed E-state index contributed by atoms with van der Waals surface area (Å²) >= 11 is 1.64. The molecule has 5 nitrogen and oxygen atoms in total. The number of carbonyl (C=O) groups is 1. The van der Waals surface area contributed by atoms with E-state index in [1.165, 1.54) is 0 Å². The Labute approximate surface area is 156 Å². The topological polar surface area (TPSA) is 83.5 Å². The van der Waals surface area contributed by atoms with Gasteiger partial charge in [-0.1, -0.05) is 6.92 Å². The molecule has 0 unspecified atom stereocenters. The van der Waals surface area contributed by atoms with Gasteiger partial charge >= 0.3 is 57.4 Å². The van der Waals surface area contributed by atoms with E-state index >= 15 is 0 Å². The molecule has 0 atom stereocenters. The van der Waals surface area contributed by atoms with Crippen molar-refractivity contribution in [2.24, 2.45) is 5.41 Å². The van der Waals surface area contributed by atoms with Gasteiger partial charge in [-0.15, -0.1) is 0 Å². The Kier molecular flexibility index (Phi) is 12.2. The van der Waals surface area contributed by atoms with Gasteiger partial charge < -0.3 is 9.29 Å². The summed E-state index contributed by atoms with van der Waals surface area (Å²) < 4.78 is 35.9. The Hall–Kier alpha value is 1.37. The number of carbonyl (C=O) groups excluding carboxylic acids is 1. The van der Waals surface area contributed by atoms with Crippen molar-refractivity contribution < 1.29 is 73.9 Å². The second kappa shape index (κ2) is 10.1. The van der Waals surface area contributed by atoms with Crippen molar-refractivity contribution in [3.8, 4) is 0 Å². The van der Waals surface area contributed by atoms with Gasteiger partial charge in [-0.3, -0.25) is 4.79 Å². The van der Waals surface area contributed by atoms with E-state index in [1.54, 1.807) is 25.6 Å². The van der Waals surface area contributed by atoms with Crippen LogP contribution in [0.4, 0.5) is 0 Å². The number of ether oxygens (including phenoxy) is 1. The van der Waals surface area contributed by atoms with Gasteiger partial charge in [0.25, 0.3) is 0 Å². The van der Waals surface area contributed by atoms with Crippen LogP contribution in [0, 0.1) is 5.41 Å². The minimum atomic E-state index is -4.22. The molecule has 0 bridgehead atoms. The van der Waals surface area contributed by atoms with Crippen LogP contribution >= 0.6 is 11.8 Å². The first-order chi connectivity index (χ1) is 7.69. The Morgan fingerprint density at radius 3 is 2.39 bits per heavy atom. The third-order valence-electron chi connectivity index (χ3n) is 1.99. The van der Waals surface area contributed by atoms with E-state index in [0.717, 1.165) is 5.75 Å². The maximum atomic E-state index is 11.6. The maximum absolute atomic E-state index is 11.6. The summed E-state index contributed by atoms with van der Waals surface area (Å²) in [5, 5.41) is 0. The quantitative estimate of drug-likeness (QED) is 0.228. The van der Waals surface area contributed by atoms with E-state index in [9.17, 15) is 17.8 Å². The smallest absolute Gasteiger partial charge is 0.748 e. The molecule has 0 aromatic rings. The van der Waals surface area contributed by atoms with Crippen molar-refractivity contribution in [1.82, 2.24) is 0 Å². The van der Waals surface area contributed by atoms with Gasteiger partial charge in [0.1, 0.15) is 0 Å². The van der Waals surface area contributed by atoms with Crippen LogP contribution in [-0.2, 0) is 19.6 Å². The standard InChI is InChI=1S/C10H20O5S2.K/c1-4-16-8-10(2,3)9(11)15-6-5-7-17(12,13)14;/h4-8H2,1-3H3,(H,12,13,14);/q;+1/p-1. The van der Waals surface area contributed by atoms with E-state index in [-0.39, 0.29) is 70.4 Å². The van der Waals surface area contributed by atoms with Gasteiger partial charge in [-0.05, 0) is 26.0 Å². The Bertz CT molecular complexity index is 340. The van der Waals surface area contributed by atoms with Crippen molar-refractivity contribution in [1.29, 1.82) is 0 Å². The van der Waals surface area contributed by atoms with Gasteiger partial charge in [-0.25, -0.2) is 8.42 Å². The summed E-state index contributed by atoms with van der Waals surface area (Å²) in [4.78, 5) is 11.6. The number of hydrogen-bond acceptors (Lipinski definition) is 6. The van der Waals surface area contributed by atoms with Crippen LogP contribution < -0.4 is 51.4 Å². The average molecular weight is 322 g/mol. The zero-order chi connectivity index (χ0) is 13.5. The molecule has 0 aliphatic rings. The SMILES string of the molecule is CCSCC(C)(C)C(=O)OCCCS(=O)(=O)[O-].[K+]. The fraction of sp³-hybridized carbons (Fsp3) is 0.900. The van der Waals surface area contributed by atoms with Crippen molar-refractivity contribution in [3.05, 3.63) is 0 Å². The monoisotopic (exact) mass is 322 g/mol. The number of rotatable bonds is 8. The van der Waals surface area contributed by atoms with Crippen molar-refractivity contribution in [2.45, 2.75) is 27.2 Å². The van der Waals surface area contributed by atoms with E-state index in [0.29, 0.717) is 5.75 Å². The summed E-state index contributed by atoms with van der Waals surface area (Å²) in [5.41, 5.74) is -0.586. The number of esters is 1. The zero-order valence-electron chi connectivity index (χ0n) is 11.4. The molecule has 0 saturated carbocycles. The molecule has 0 aliphatic carbocycles. The van der Waals surface area contributed by atoms with Crippen molar-refractivity contribution in [2.75, 3.05) is 23.9 Å². The van der Waals surface area contributed by atoms with Crippen LogP contribution in [-0.4, -0.2) is 42.8 Å². The molecule has 18 heavy (non-hydrogen) atoms. The van der Waals surface area contributed by atoms with E-state index in [1.807, 2.05) is 6.92 Å². The summed E-state index contributed by atoms with van der Waals surface area (Å²) in [7, 11) is -4.22. The van der Waals surface area contributed by atoms with Crippen LogP contribution in [0.25, 0.3) is 0 Å². The fourth-order valence-corrected chi connectivity index (χ4v) is 2.32. The molecule has 0 aromatic carbocycles. The van der Waals surface area contributed by atoms with Gasteiger partial charge in [-0.2, -0.15) is 11.8 Å². The molecule has 0 spiro atoms. The predicted molar refractivity (Wildman–Crippen MR) is 66.9 cm³/mol. The molecule has 0 aliphatic heterocycles. The molecule has 0 heterocycles. The summed E-state index contributed by atoms with van der Waals surface area (Å²) in [6.45, 7) is 5.54. The van der Waals surface area contributed by atoms with Gasteiger partial charge in [0, 0.05) is 11.5 Å². The van der Waals surface area contributed by atoms with Crippen molar-refractivity contribution in [3.63, 3.8) is 0 Å². The van der Waals surface area contributed by atoms with Crippen LogP contribution in [0.3, 0.4) is 0 Å². The van der Waals surface area contributed by atoms with E-state index in [2.05, 4.69) is 0 Å². The molecule has 102 valence electrons. The Balaban J connectivity index is 0. The molecule has 8 heteroatoms. The maximum Gasteiger partial charge on any atom is 1.00 e. The minimum Gasteiger partial charge on any atom is -0.748 e. The molecule has 0 saturated heterocycles. The zero-order valence-corrected chi connectivity index (χ0v) is 16.1. The first-order valence-electron chi connectivity index (χ1n) is 5.37. The van der Waals surface area contributed by atoms with E-state index in [4.69, 9.17) is 4.74 Å². The van der Waals surface area contributed by atoms with Crippen LogP contribution in [0.1, 0.15) is 27.2 Å². The van der Waals surface area contributed by atoms with Crippen LogP contribution in [0.15, 0.2) is 0 Å². The molecule has 0 amide bonds. The van der Waals surface area contributed by atoms with Gasteiger partial charge in [0.2, 0.25) is 0 Å². The van der Waals surface area contributed by atoms with Crippen LogP contribution in [0.2, 0.25) is 0 Å². The first kappa shape index (κ1) is 21.7. The summed E-state index contributed by atoms with van der Waals surface area (Å²) in [5.74, 6) is 0.722. The normalized spacial score (nSPS) is 11.8. The van der Waals surface area contributed by atoms with E-state index < -0.39 is 21.3 Å². The summed E-state index contributed by atoms with van der Waals surface area (Å²) in [6.07, 6.45) is 0.0502. The Morgan fingerprint density at radius 2 is 1.94 bits per heavy atom. The third kappa shape index (κ3) is 11.2. The van der Waals surface area contributed by atoms with Gasteiger partial charge in [0.15, 0.2) is 0 Å². The number of hydrogen-bond donors (Lipinski definition) is 0. The summed E-state index contributed by atoms with van der Waals surface area (Å²) in [6, 6.07) is 0. The largest absolute Gasteiger partial charge is 1.00 e. The predicted octanol–water partition coefficient (Wildman–Crippen LogP) is -1.75. The molecule has 0 fully saturated rings. The molecule has 0 aromatic heterocycles. The molecular weight excluding hydrogens is 303 g/mol. The van der Waals surface area contributed by atoms with Crippen LogP contribution in [0.5, 0.6) is 0 Å². The number of thioether (sulfide) groups is 1. The second-order valence-corrected chi connectivity index (χ2v) is 7.07. The molecule has 0 rings (SSSR count). The minimum absolute atomic E-state index is 0. The van der Waals surface area contributed by atoms with Gasteiger partial charge in [0.05, 0.1) is 22.1 Å². The second-order valence-electron chi connectivity index (χ2n) is 4.27. The average Bonchev–Trinajstić information content (AvgIpc) is 2.19.